The quantitative estimate of drug-likeness (QED) is 0.743. The lowest BCUT2D eigenvalue weighted by molar-refractivity contribution is -0.263. The largest absolute Gasteiger partial charge is 0.444 e. The predicted molar refractivity (Wildman–Crippen MR) is 62.7 cm³/mol. The summed E-state index contributed by atoms with van der Waals surface area (Å²) < 4.78 is 43.3. The molecule has 0 saturated carbocycles. The molecule has 1 fully saturated rings. The van der Waals surface area contributed by atoms with Gasteiger partial charge in [0.1, 0.15) is 5.60 Å². The fraction of sp³-hybridized carbons (Fsp3) is 0.917. The van der Waals surface area contributed by atoms with Crippen LogP contribution in [0.25, 0.3) is 0 Å². The number of halogens is 3. The van der Waals surface area contributed by atoms with Gasteiger partial charge in [-0.05, 0) is 33.6 Å². The molecule has 0 spiro atoms. The van der Waals surface area contributed by atoms with E-state index in [1.54, 1.807) is 20.8 Å². The zero-order valence-electron chi connectivity index (χ0n) is 11.4. The number of carbonyl (C=O) groups excluding carboxylic acids is 1. The minimum Gasteiger partial charge on any atom is -0.444 e. The Morgan fingerprint density at radius 3 is 2.26 bits per heavy atom. The molecule has 0 aliphatic carbocycles. The number of likely N-dealkylation sites (tertiary alicyclic amines) is 1. The lowest BCUT2D eigenvalue weighted by Gasteiger charge is -2.29. The Bertz CT molecular complexity index is 338. The maximum atomic E-state index is 12.7. The van der Waals surface area contributed by atoms with Gasteiger partial charge in [0.05, 0.1) is 0 Å². The standard InChI is InChI=1S/C12H20F3NO3/c1-10(2,3)19-9(17)16-7-4-5-11(18,6-8-16)12(13,14)15/h18H,4-8H2,1-3H3/t11-/m0/s1. The number of carbonyl (C=O) groups is 1. The third-order valence-corrected chi connectivity index (χ3v) is 2.99. The fourth-order valence-corrected chi connectivity index (χ4v) is 1.91. The monoisotopic (exact) mass is 283 g/mol. The molecule has 1 atom stereocenters. The zero-order chi connectivity index (χ0) is 14.9. The molecule has 1 aliphatic heterocycles. The zero-order valence-corrected chi connectivity index (χ0v) is 11.4. The second kappa shape index (κ2) is 5.19. The summed E-state index contributed by atoms with van der Waals surface area (Å²) >= 11 is 0. The third kappa shape index (κ3) is 4.26. The highest BCUT2D eigenvalue weighted by Gasteiger charge is 2.53. The summed E-state index contributed by atoms with van der Waals surface area (Å²) in [4.78, 5) is 13.0. The molecule has 19 heavy (non-hydrogen) atoms. The van der Waals surface area contributed by atoms with Crippen LogP contribution in [0.15, 0.2) is 0 Å². The number of hydrogen-bond donors (Lipinski definition) is 1. The minimum absolute atomic E-state index is 0.0925. The van der Waals surface area contributed by atoms with Crippen LogP contribution >= 0.6 is 0 Å². The van der Waals surface area contributed by atoms with Crippen molar-refractivity contribution >= 4 is 6.09 Å². The van der Waals surface area contributed by atoms with Crippen LogP contribution in [0.3, 0.4) is 0 Å². The Balaban J connectivity index is 2.67. The molecule has 1 amide bonds. The van der Waals surface area contributed by atoms with E-state index < -0.39 is 36.3 Å². The van der Waals surface area contributed by atoms with Gasteiger partial charge in [-0.3, -0.25) is 0 Å². The summed E-state index contributed by atoms with van der Waals surface area (Å²) in [7, 11) is 0. The molecule has 0 aromatic carbocycles. The predicted octanol–water partition coefficient (Wildman–Crippen LogP) is 2.70. The van der Waals surface area contributed by atoms with E-state index in [9.17, 15) is 23.1 Å². The summed E-state index contributed by atoms with van der Waals surface area (Å²) in [6, 6.07) is 0. The van der Waals surface area contributed by atoms with Crippen LogP contribution in [0.5, 0.6) is 0 Å². The first-order valence-corrected chi connectivity index (χ1v) is 6.22. The van der Waals surface area contributed by atoms with Gasteiger partial charge in [-0.25, -0.2) is 4.79 Å². The normalized spacial score (nSPS) is 25.9. The molecular weight excluding hydrogens is 263 g/mol. The molecule has 7 heteroatoms. The second-order valence-corrected chi connectivity index (χ2v) is 5.85. The Hall–Kier alpha value is -0.980. The van der Waals surface area contributed by atoms with Gasteiger partial charge in [-0.2, -0.15) is 13.2 Å². The maximum Gasteiger partial charge on any atom is 0.417 e. The van der Waals surface area contributed by atoms with E-state index in [0.717, 1.165) is 0 Å². The third-order valence-electron chi connectivity index (χ3n) is 2.99. The Kier molecular flexibility index (Phi) is 4.39. The lowest BCUT2D eigenvalue weighted by atomic mass is 9.94. The Morgan fingerprint density at radius 1 is 1.21 bits per heavy atom. The molecule has 112 valence electrons. The summed E-state index contributed by atoms with van der Waals surface area (Å²) in [5, 5.41) is 9.62. The van der Waals surface area contributed by atoms with Crippen molar-refractivity contribution in [2.45, 2.75) is 57.4 Å². The molecule has 0 aromatic rings. The van der Waals surface area contributed by atoms with Crippen LogP contribution < -0.4 is 0 Å². The first-order valence-electron chi connectivity index (χ1n) is 6.22. The highest BCUT2D eigenvalue weighted by Crippen LogP contribution is 2.38. The molecule has 0 aromatic heterocycles. The van der Waals surface area contributed by atoms with Crippen LogP contribution in [0.2, 0.25) is 0 Å². The molecule has 0 radical (unpaired) electrons. The second-order valence-electron chi connectivity index (χ2n) is 5.85. The summed E-state index contributed by atoms with van der Waals surface area (Å²) in [6.45, 7) is 5.07. The van der Waals surface area contributed by atoms with Gasteiger partial charge in [0.25, 0.3) is 0 Å². The first-order chi connectivity index (χ1) is 8.45. The van der Waals surface area contributed by atoms with Crippen molar-refractivity contribution in [1.82, 2.24) is 4.90 Å². The molecule has 1 N–H and O–H groups in total. The molecule has 1 aliphatic rings. The van der Waals surface area contributed by atoms with Gasteiger partial charge in [-0.1, -0.05) is 0 Å². The SMILES string of the molecule is CC(C)(C)OC(=O)N1CCC[C@@](O)(C(F)(F)F)CC1. The number of aliphatic hydroxyl groups is 1. The molecule has 1 heterocycles. The molecule has 0 unspecified atom stereocenters. The van der Waals surface area contributed by atoms with E-state index in [-0.39, 0.29) is 19.5 Å². The van der Waals surface area contributed by atoms with E-state index in [1.807, 2.05) is 0 Å². The number of ether oxygens (including phenoxy) is 1. The summed E-state index contributed by atoms with van der Waals surface area (Å²) in [5.74, 6) is 0. The van der Waals surface area contributed by atoms with Crippen LogP contribution in [-0.4, -0.2) is 46.6 Å². The van der Waals surface area contributed by atoms with Crippen molar-refractivity contribution in [2.24, 2.45) is 0 Å². The summed E-state index contributed by atoms with van der Waals surface area (Å²) in [5.41, 5.74) is -3.40. The van der Waals surface area contributed by atoms with Gasteiger partial charge >= 0.3 is 12.3 Å². The van der Waals surface area contributed by atoms with E-state index in [4.69, 9.17) is 4.74 Å². The molecule has 1 rings (SSSR count). The summed E-state index contributed by atoms with van der Waals surface area (Å²) in [6.07, 6.45) is -6.13. The number of hydrogen-bond acceptors (Lipinski definition) is 3. The van der Waals surface area contributed by atoms with Crippen molar-refractivity contribution in [3.05, 3.63) is 0 Å². The lowest BCUT2D eigenvalue weighted by Crippen LogP contribution is -2.46. The fourth-order valence-electron chi connectivity index (χ4n) is 1.91. The average molecular weight is 283 g/mol. The minimum atomic E-state index is -4.67. The van der Waals surface area contributed by atoms with Crippen LogP contribution in [0.4, 0.5) is 18.0 Å². The van der Waals surface area contributed by atoms with E-state index in [0.29, 0.717) is 0 Å². The van der Waals surface area contributed by atoms with Crippen LogP contribution in [0.1, 0.15) is 40.0 Å². The van der Waals surface area contributed by atoms with Crippen LogP contribution in [0, 0.1) is 0 Å². The Labute approximate surface area is 110 Å². The maximum absolute atomic E-state index is 12.7. The first kappa shape index (κ1) is 16.1. The Morgan fingerprint density at radius 2 is 1.79 bits per heavy atom. The molecule has 1 saturated heterocycles. The van der Waals surface area contributed by atoms with E-state index >= 15 is 0 Å². The number of nitrogens with zero attached hydrogens (tertiary/aromatic N) is 1. The van der Waals surface area contributed by atoms with E-state index in [1.165, 1.54) is 4.90 Å². The van der Waals surface area contributed by atoms with Gasteiger partial charge in [0.15, 0.2) is 5.60 Å². The number of rotatable bonds is 0. The number of amides is 1. The van der Waals surface area contributed by atoms with Crippen molar-refractivity contribution in [3.8, 4) is 0 Å². The smallest absolute Gasteiger partial charge is 0.417 e. The van der Waals surface area contributed by atoms with Gasteiger partial charge in [0, 0.05) is 19.5 Å². The van der Waals surface area contributed by atoms with Crippen molar-refractivity contribution in [2.75, 3.05) is 13.1 Å². The highest BCUT2D eigenvalue weighted by atomic mass is 19.4. The average Bonchev–Trinajstić information content (AvgIpc) is 2.37. The topological polar surface area (TPSA) is 49.8 Å². The van der Waals surface area contributed by atoms with Crippen LogP contribution in [-0.2, 0) is 4.74 Å². The van der Waals surface area contributed by atoms with E-state index in [2.05, 4.69) is 0 Å². The van der Waals surface area contributed by atoms with Gasteiger partial charge in [-0.15, -0.1) is 0 Å². The molecule has 0 bridgehead atoms. The number of alkyl halides is 3. The van der Waals surface area contributed by atoms with Crippen molar-refractivity contribution in [1.29, 1.82) is 0 Å². The van der Waals surface area contributed by atoms with Gasteiger partial charge in [0.2, 0.25) is 0 Å². The molecule has 4 nitrogen and oxygen atoms in total. The molecular formula is C12H20F3NO3. The van der Waals surface area contributed by atoms with Crippen molar-refractivity contribution < 1.29 is 27.8 Å². The van der Waals surface area contributed by atoms with Gasteiger partial charge < -0.3 is 14.7 Å². The van der Waals surface area contributed by atoms with Crippen molar-refractivity contribution in [3.63, 3.8) is 0 Å². The highest BCUT2D eigenvalue weighted by molar-refractivity contribution is 5.68.